The van der Waals surface area contributed by atoms with Gasteiger partial charge in [-0.1, -0.05) is 27.4 Å². The molecule has 4 fully saturated rings. The lowest BCUT2D eigenvalue weighted by atomic mass is 9.39. The maximum absolute atomic E-state index is 14.0. The first-order valence-corrected chi connectivity index (χ1v) is 11.1. The second-order valence-electron chi connectivity index (χ2n) is 10.9. The van der Waals surface area contributed by atoms with Crippen LogP contribution < -0.4 is 0 Å². The topological polar surface area (TPSA) is 107 Å². The van der Waals surface area contributed by atoms with Gasteiger partial charge in [-0.2, -0.15) is 0 Å². The third-order valence-electron chi connectivity index (χ3n) is 8.78. The Bertz CT molecular complexity index is 888. The number of fused-ring (bicyclic) bond motifs is 3. The monoisotopic (exact) mass is 432 g/mol. The molecule has 0 aromatic rings. The van der Waals surface area contributed by atoms with Crippen molar-refractivity contribution in [2.75, 3.05) is 0 Å². The summed E-state index contributed by atoms with van der Waals surface area (Å²) < 4.78 is 11.4. The summed E-state index contributed by atoms with van der Waals surface area (Å²) in [7, 11) is 0. The summed E-state index contributed by atoms with van der Waals surface area (Å²) in [4.78, 5) is 51.8. The number of aliphatic hydroxyl groups is 1. The van der Waals surface area contributed by atoms with Gasteiger partial charge in [-0.05, 0) is 42.6 Å². The molecule has 0 aromatic carbocycles. The zero-order valence-corrected chi connectivity index (χ0v) is 18.9. The summed E-state index contributed by atoms with van der Waals surface area (Å²) in [6.45, 7) is 12.2. The molecular formula is C24H32O7. The lowest BCUT2D eigenvalue weighted by molar-refractivity contribution is -0.236. The number of hydrogen-bond donors (Lipinski definition) is 1. The van der Waals surface area contributed by atoms with E-state index in [0.717, 1.165) is 0 Å². The van der Waals surface area contributed by atoms with Gasteiger partial charge < -0.3 is 14.6 Å². The predicted octanol–water partition coefficient (Wildman–Crippen LogP) is 2.39. The first-order chi connectivity index (χ1) is 14.3. The van der Waals surface area contributed by atoms with E-state index in [0.29, 0.717) is 31.3 Å². The second kappa shape index (κ2) is 6.74. The minimum absolute atomic E-state index is 0.221. The van der Waals surface area contributed by atoms with Gasteiger partial charge in [-0.3, -0.25) is 19.2 Å². The molecule has 4 saturated carbocycles. The number of aliphatic hydroxyl groups excluding tert-OH is 1. The van der Waals surface area contributed by atoms with Crippen LogP contribution in [0.15, 0.2) is 12.2 Å². The molecule has 8 unspecified atom stereocenters. The highest BCUT2D eigenvalue weighted by Crippen LogP contribution is 2.71. The van der Waals surface area contributed by atoms with Crippen LogP contribution in [0, 0.1) is 34.0 Å². The SMILES string of the molecule is C=C1C(=O)C23CC1CC(OC(C)=O)C2C1(C)CCC(O)C(C)(C)C1C(=O)C3OC(C)=O. The van der Waals surface area contributed by atoms with Crippen molar-refractivity contribution in [2.45, 2.75) is 78.6 Å². The second-order valence-corrected chi connectivity index (χ2v) is 10.9. The molecule has 4 rings (SSSR count). The molecule has 31 heavy (non-hydrogen) atoms. The van der Waals surface area contributed by atoms with Crippen molar-refractivity contribution in [3.8, 4) is 0 Å². The van der Waals surface area contributed by atoms with Gasteiger partial charge in [0, 0.05) is 31.1 Å². The summed E-state index contributed by atoms with van der Waals surface area (Å²) in [6, 6.07) is 0. The number of allylic oxidation sites excluding steroid dienone is 1. The lowest BCUT2D eigenvalue weighted by Crippen LogP contribution is -2.72. The van der Waals surface area contributed by atoms with Crippen molar-refractivity contribution in [3.63, 3.8) is 0 Å². The largest absolute Gasteiger partial charge is 0.462 e. The quantitative estimate of drug-likeness (QED) is 0.527. The van der Waals surface area contributed by atoms with Crippen LogP contribution in [-0.4, -0.2) is 46.9 Å². The molecule has 4 aliphatic carbocycles. The van der Waals surface area contributed by atoms with Crippen molar-refractivity contribution < 1.29 is 33.8 Å². The van der Waals surface area contributed by atoms with E-state index >= 15 is 0 Å². The van der Waals surface area contributed by atoms with Gasteiger partial charge in [-0.15, -0.1) is 0 Å². The molecule has 1 spiro atoms. The summed E-state index contributed by atoms with van der Waals surface area (Å²) in [5.41, 5.74) is -2.36. The van der Waals surface area contributed by atoms with E-state index in [-0.39, 0.29) is 17.5 Å². The number of Topliss-reactive ketones (excluding diaryl/α,β-unsaturated/α-hetero) is 2. The first kappa shape index (κ1) is 22.2. The maximum atomic E-state index is 14.0. The number of carbonyl (C=O) groups excluding carboxylic acids is 4. The van der Waals surface area contributed by atoms with E-state index in [9.17, 15) is 24.3 Å². The van der Waals surface area contributed by atoms with Crippen LogP contribution in [0.1, 0.15) is 60.3 Å². The molecule has 170 valence electrons. The van der Waals surface area contributed by atoms with Crippen molar-refractivity contribution in [2.24, 2.45) is 34.0 Å². The summed E-state index contributed by atoms with van der Waals surface area (Å²) in [6.07, 6.45) is -0.766. The number of rotatable bonds is 2. The fourth-order valence-electron chi connectivity index (χ4n) is 7.85. The van der Waals surface area contributed by atoms with Crippen LogP contribution in [0.4, 0.5) is 0 Å². The Kier molecular flexibility index (Phi) is 4.82. The molecule has 4 aliphatic rings. The molecule has 8 atom stereocenters. The minimum atomic E-state index is -1.29. The zero-order valence-electron chi connectivity index (χ0n) is 18.9. The van der Waals surface area contributed by atoms with Crippen molar-refractivity contribution in [1.29, 1.82) is 0 Å². The van der Waals surface area contributed by atoms with Crippen LogP contribution in [-0.2, 0) is 28.7 Å². The normalized spacial score (nSPS) is 45.5. The highest BCUT2D eigenvalue weighted by atomic mass is 16.6. The fourth-order valence-corrected chi connectivity index (χ4v) is 7.85. The Labute approximate surface area is 182 Å². The molecule has 7 nitrogen and oxygen atoms in total. The fraction of sp³-hybridized carbons (Fsp3) is 0.750. The molecule has 0 heterocycles. The Morgan fingerprint density at radius 3 is 2.29 bits per heavy atom. The molecule has 0 saturated heterocycles. The molecule has 0 radical (unpaired) electrons. The van der Waals surface area contributed by atoms with Crippen molar-refractivity contribution >= 4 is 23.5 Å². The number of hydrogen-bond acceptors (Lipinski definition) is 7. The Balaban J connectivity index is 1.98. The Morgan fingerprint density at radius 2 is 1.71 bits per heavy atom. The van der Waals surface area contributed by atoms with Gasteiger partial charge in [-0.25, -0.2) is 0 Å². The molecule has 0 aliphatic heterocycles. The molecule has 1 N–H and O–H groups in total. The van der Waals surface area contributed by atoms with Gasteiger partial charge in [0.05, 0.1) is 11.5 Å². The predicted molar refractivity (Wildman–Crippen MR) is 110 cm³/mol. The highest BCUT2D eigenvalue weighted by molar-refractivity contribution is 6.08. The number of ketones is 2. The van der Waals surface area contributed by atoms with Crippen LogP contribution >= 0.6 is 0 Å². The zero-order chi connectivity index (χ0) is 23.1. The van der Waals surface area contributed by atoms with Crippen LogP contribution in [0.25, 0.3) is 0 Å². The van der Waals surface area contributed by atoms with Crippen LogP contribution in [0.5, 0.6) is 0 Å². The molecule has 0 amide bonds. The van der Waals surface area contributed by atoms with Crippen molar-refractivity contribution in [1.82, 2.24) is 0 Å². The van der Waals surface area contributed by atoms with E-state index < -0.39 is 58.3 Å². The average molecular weight is 433 g/mol. The maximum Gasteiger partial charge on any atom is 0.303 e. The van der Waals surface area contributed by atoms with E-state index in [1.807, 2.05) is 20.8 Å². The standard InChI is InChI=1S/C24H32O7/c1-11-14-9-15(30-12(2)25)18-23(6)8-7-16(27)22(4,5)19(23)17(28)21(31-13(3)26)24(18,10-14)20(11)29/h14-16,18-19,21,27H,1,7-10H2,2-6H3. The van der Waals surface area contributed by atoms with Crippen LogP contribution in [0.3, 0.4) is 0 Å². The summed E-state index contributed by atoms with van der Waals surface area (Å²) in [5, 5.41) is 10.8. The van der Waals surface area contributed by atoms with E-state index in [1.54, 1.807) is 0 Å². The van der Waals surface area contributed by atoms with Gasteiger partial charge in [0.15, 0.2) is 17.7 Å². The Morgan fingerprint density at radius 1 is 1.10 bits per heavy atom. The molecule has 7 heteroatoms. The lowest BCUT2D eigenvalue weighted by Gasteiger charge is -2.65. The number of esters is 2. The van der Waals surface area contributed by atoms with Gasteiger partial charge in [0.1, 0.15) is 6.10 Å². The molecule has 0 aromatic heterocycles. The van der Waals surface area contributed by atoms with Gasteiger partial charge in [0.25, 0.3) is 0 Å². The van der Waals surface area contributed by atoms with E-state index in [4.69, 9.17) is 9.47 Å². The van der Waals surface area contributed by atoms with Gasteiger partial charge in [0.2, 0.25) is 0 Å². The summed E-state index contributed by atoms with van der Waals surface area (Å²) in [5.74, 6) is -3.04. The third kappa shape index (κ3) is 2.74. The smallest absolute Gasteiger partial charge is 0.303 e. The molecule has 2 bridgehead atoms. The third-order valence-corrected chi connectivity index (χ3v) is 8.78. The van der Waals surface area contributed by atoms with E-state index in [1.165, 1.54) is 13.8 Å². The first-order valence-electron chi connectivity index (χ1n) is 11.1. The highest BCUT2D eigenvalue weighted by Gasteiger charge is 2.77. The average Bonchev–Trinajstić information content (AvgIpc) is 2.83. The minimum Gasteiger partial charge on any atom is -0.462 e. The van der Waals surface area contributed by atoms with Crippen molar-refractivity contribution in [3.05, 3.63) is 12.2 Å². The van der Waals surface area contributed by atoms with Crippen LogP contribution in [0.2, 0.25) is 0 Å². The van der Waals surface area contributed by atoms with Gasteiger partial charge >= 0.3 is 11.9 Å². The summed E-state index contributed by atoms with van der Waals surface area (Å²) >= 11 is 0. The number of carbonyl (C=O) groups is 4. The van der Waals surface area contributed by atoms with E-state index in [2.05, 4.69) is 6.58 Å². The number of ether oxygens (including phenoxy) is 2. The molecular weight excluding hydrogens is 400 g/mol. The Hall–Kier alpha value is -2.02.